The minimum atomic E-state index is -4.80. The van der Waals surface area contributed by atoms with Gasteiger partial charge in [0.1, 0.15) is 0 Å². The van der Waals surface area contributed by atoms with E-state index in [1.54, 1.807) is 11.8 Å². The first-order valence-electron chi connectivity index (χ1n) is 6.55. The molecule has 22 heavy (non-hydrogen) atoms. The van der Waals surface area contributed by atoms with Crippen LogP contribution in [0.15, 0.2) is 18.2 Å². The van der Waals surface area contributed by atoms with E-state index in [1.807, 2.05) is 20.8 Å². The van der Waals surface area contributed by atoms with E-state index in [2.05, 4.69) is 10.6 Å². The number of urea groups is 1. The number of amides is 2. The van der Waals surface area contributed by atoms with E-state index in [0.717, 1.165) is 12.1 Å². The van der Waals surface area contributed by atoms with Gasteiger partial charge in [-0.05, 0) is 12.1 Å². The van der Waals surface area contributed by atoms with Gasteiger partial charge in [-0.3, -0.25) is 0 Å². The van der Waals surface area contributed by atoms with Crippen molar-refractivity contribution >= 4 is 23.5 Å². The van der Waals surface area contributed by atoms with Gasteiger partial charge in [0.05, 0.1) is 11.3 Å². The molecule has 0 atom stereocenters. The Labute approximate surface area is 130 Å². The van der Waals surface area contributed by atoms with Gasteiger partial charge in [-0.2, -0.15) is 24.9 Å². The number of hydrogen-bond acceptors (Lipinski definition) is 2. The average Bonchev–Trinajstić information content (AvgIpc) is 2.35. The molecule has 124 valence electrons. The van der Waals surface area contributed by atoms with Crippen LogP contribution in [-0.4, -0.2) is 23.1 Å². The van der Waals surface area contributed by atoms with Crippen molar-refractivity contribution in [3.8, 4) is 0 Å². The summed E-state index contributed by atoms with van der Waals surface area (Å²) >= 11 is 1.63. The topological polar surface area (TPSA) is 41.1 Å². The van der Waals surface area contributed by atoms with Crippen LogP contribution in [-0.2, 0) is 6.18 Å². The normalized spacial score (nSPS) is 12.1. The van der Waals surface area contributed by atoms with Crippen LogP contribution in [0.1, 0.15) is 26.3 Å². The maximum absolute atomic E-state index is 13.7. The van der Waals surface area contributed by atoms with E-state index >= 15 is 0 Å². The van der Waals surface area contributed by atoms with Gasteiger partial charge in [0, 0.05) is 17.0 Å². The van der Waals surface area contributed by atoms with E-state index in [0.29, 0.717) is 18.4 Å². The highest BCUT2D eigenvalue weighted by Crippen LogP contribution is 2.33. The Balaban J connectivity index is 2.59. The van der Waals surface area contributed by atoms with Crippen LogP contribution in [0.5, 0.6) is 0 Å². The van der Waals surface area contributed by atoms with Crippen LogP contribution in [0.25, 0.3) is 0 Å². The molecule has 0 bridgehead atoms. The summed E-state index contributed by atoms with van der Waals surface area (Å²) in [5, 5.41) is 4.56. The fraction of sp³-hybridized carbons (Fsp3) is 0.500. The Bertz CT molecular complexity index is 527. The van der Waals surface area contributed by atoms with Gasteiger partial charge in [-0.1, -0.05) is 26.8 Å². The second-order valence-electron chi connectivity index (χ2n) is 5.51. The van der Waals surface area contributed by atoms with Gasteiger partial charge in [-0.25, -0.2) is 9.18 Å². The lowest BCUT2D eigenvalue weighted by Gasteiger charge is -2.17. The minimum Gasteiger partial charge on any atom is -0.337 e. The molecule has 0 saturated heterocycles. The van der Waals surface area contributed by atoms with Crippen molar-refractivity contribution in [1.82, 2.24) is 5.32 Å². The van der Waals surface area contributed by atoms with Crippen molar-refractivity contribution in [2.24, 2.45) is 0 Å². The lowest BCUT2D eigenvalue weighted by molar-refractivity contribution is -0.139. The number of anilines is 1. The molecule has 1 aromatic rings. The van der Waals surface area contributed by atoms with E-state index in [1.165, 1.54) is 0 Å². The molecule has 8 heteroatoms. The fourth-order valence-electron chi connectivity index (χ4n) is 1.54. The van der Waals surface area contributed by atoms with Crippen molar-refractivity contribution in [1.29, 1.82) is 0 Å². The van der Waals surface area contributed by atoms with Crippen LogP contribution in [0, 0.1) is 5.82 Å². The molecular formula is C14H18F4N2OS. The van der Waals surface area contributed by atoms with Crippen LogP contribution in [0.4, 0.5) is 28.0 Å². The molecule has 0 aliphatic rings. The molecule has 0 fully saturated rings. The number of halogens is 4. The molecule has 0 aliphatic heterocycles. The van der Waals surface area contributed by atoms with E-state index in [9.17, 15) is 22.4 Å². The lowest BCUT2D eigenvalue weighted by atomic mass is 10.2. The molecule has 0 saturated carbocycles. The molecule has 0 heterocycles. The Kier molecular flexibility index (Phi) is 6.10. The first-order valence-corrected chi connectivity index (χ1v) is 7.54. The van der Waals surface area contributed by atoms with E-state index in [-0.39, 0.29) is 4.75 Å². The summed E-state index contributed by atoms with van der Waals surface area (Å²) in [6, 6.07) is 2.00. The maximum Gasteiger partial charge on any atom is 0.419 e. The summed E-state index contributed by atoms with van der Waals surface area (Å²) < 4.78 is 51.4. The van der Waals surface area contributed by atoms with Crippen molar-refractivity contribution < 1.29 is 22.4 Å². The predicted octanol–water partition coefficient (Wildman–Crippen LogP) is 4.50. The fourth-order valence-corrected chi connectivity index (χ4v) is 2.35. The Morgan fingerprint density at radius 1 is 1.23 bits per heavy atom. The van der Waals surface area contributed by atoms with Crippen LogP contribution in [0.3, 0.4) is 0 Å². The Hall–Kier alpha value is -1.44. The third-order valence-corrected chi connectivity index (χ3v) is 3.75. The molecule has 1 rings (SSSR count). The molecule has 0 unspecified atom stereocenters. The third kappa shape index (κ3) is 6.13. The molecule has 0 aromatic heterocycles. The SMILES string of the molecule is CC(C)(C)SCCNC(=O)Nc1cccc(C(F)(F)F)c1F. The number of hydrogen-bond donors (Lipinski definition) is 2. The quantitative estimate of drug-likeness (QED) is 0.627. The second kappa shape index (κ2) is 7.21. The van der Waals surface area contributed by atoms with Crippen molar-refractivity contribution in [3.63, 3.8) is 0 Å². The second-order valence-corrected chi connectivity index (χ2v) is 7.43. The Morgan fingerprint density at radius 3 is 2.41 bits per heavy atom. The number of benzene rings is 1. The summed E-state index contributed by atoms with van der Waals surface area (Å²) in [4.78, 5) is 11.6. The molecule has 0 spiro atoms. The molecule has 0 aliphatic carbocycles. The summed E-state index contributed by atoms with van der Waals surface area (Å²) in [6.07, 6.45) is -4.80. The third-order valence-electron chi connectivity index (χ3n) is 2.48. The number of rotatable bonds is 4. The smallest absolute Gasteiger partial charge is 0.337 e. The first kappa shape index (κ1) is 18.6. The zero-order chi connectivity index (χ0) is 17.0. The average molecular weight is 338 g/mol. The van der Waals surface area contributed by atoms with Crippen molar-refractivity contribution in [2.45, 2.75) is 31.7 Å². The highest BCUT2D eigenvalue weighted by molar-refractivity contribution is 8.00. The monoisotopic (exact) mass is 338 g/mol. The number of carbonyl (C=O) groups is 1. The van der Waals surface area contributed by atoms with Gasteiger partial charge in [0.15, 0.2) is 5.82 Å². The number of thioether (sulfide) groups is 1. The van der Waals surface area contributed by atoms with Gasteiger partial charge >= 0.3 is 12.2 Å². The molecule has 1 aromatic carbocycles. The van der Waals surface area contributed by atoms with Gasteiger partial charge in [0.2, 0.25) is 0 Å². The van der Waals surface area contributed by atoms with Crippen molar-refractivity contribution in [2.75, 3.05) is 17.6 Å². The number of nitrogens with one attached hydrogen (secondary N) is 2. The van der Waals surface area contributed by atoms with E-state index < -0.39 is 29.3 Å². The van der Waals surface area contributed by atoms with Crippen LogP contribution < -0.4 is 10.6 Å². The summed E-state index contributed by atoms with van der Waals surface area (Å²) in [5.74, 6) is -0.851. The lowest BCUT2D eigenvalue weighted by Crippen LogP contribution is -2.31. The van der Waals surface area contributed by atoms with Crippen LogP contribution >= 0.6 is 11.8 Å². The zero-order valence-electron chi connectivity index (χ0n) is 12.5. The largest absolute Gasteiger partial charge is 0.419 e. The molecule has 2 amide bonds. The number of carbonyl (C=O) groups excluding carboxylic acids is 1. The predicted molar refractivity (Wildman–Crippen MR) is 80.6 cm³/mol. The minimum absolute atomic E-state index is 0.0469. The Morgan fingerprint density at radius 2 is 1.86 bits per heavy atom. The van der Waals surface area contributed by atoms with Crippen molar-refractivity contribution in [3.05, 3.63) is 29.6 Å². The summed E-state index contributed by atoms with van der Waals surface area (Å²) in [7, 11) is 0. The standard InChI is InChI=1S/C14H18F4N2OS/c1-13(2,3)22-8-7-19-12(21)20-10-6-4-5-9(11(10)15)14(16,17)18/h4-6H,7-8H2,1-3H3,(H2,19,20,21). The maximum atomic E-state index is 13.7. The van der Waals surface area contributed by atoms with Crippen LogP contribution in [0.2, 0.25) is 0 Å². The summed E-state index contributed by atoms with van der Waals surface area (Å²) in [5.41, 5.74) is -1.91. The van der Waals surface area contributed by atoms with Gasteiger partial charge in [-0.15, -0.1) is 0 Å². The molecule has 0 radical (unpaired) electrons. The first-order chi connectivity index (χ1) is 10.0. The summed E-state index contributed by atoms with van der Waals surface area (Å²) in [6.45, 7) is 6.40. The molecular weight excluding hydrogens is 320 g/mol. The zero-order valence-corrected chi connectivity index (χ0v) is 13.3. The highest BCUT2D eigenvalue weighted by Gasteiger charge is 2.35. The molecule has 2 N–H and O–H groups in total. The van der Waals surface area contributed by atoms with Gasteiger partial charge in [0.25, 0.3) is 0 Å². The van der Waals surface area contributed by atoms with Gasteiger partial charge < -0.3 is 10.6 Å². The van der Waals surface area contributed by atoms with E-state index in [4.69, 9.17) is 0 Å². The molecule has 3 nitrogen and oxygen atoms in total. The highest BCUT2D eigenvalue weighted by atomic mass is 32.2. The number of alkyl halides is 3.